The molecular formula is C30H36ClN3O3S. The molecule has 0 fully saturated rings. The number of rotatable bonds is 9. The Bertz CT molecular complexity index is 1260. The summed E-state index contributed by atoms with van der Waals surface area (Å²) in [5, 5.41) is 5.73. The average Bonchev–Trinajstić information content (AvgIpc) is 3.39. The van der Waals surface area contributed by atoms with Crippen molar-refractivity contribution in [2.45, 2.75) is 46.6 Å². The number of halogens is 1. The fraction of sp³-hybridized carbons (Fsp3) is 0.400. The second kappa shape index (κ2) is 12.7. The van der Waals surface area contributed by atoms with Crippen LogP contribution < -0.4 is 10.1 Å². The van der Waals surface area contributed by atoms with Gasteiger partial charge in [0.05, 0.1) is 6.04 Å². The predicted molar refractivity (Wildman–Crippen MR) is 155 cm³/mol. The minimum atomic E-state index is -0.264. The molecule has 2 unspecified atom stereocenters. The summed E-state index contributed by atoms with van der Waals surface area (Å²) >= 11 is 7.90. The third-order valence-electron chi connectivity index (χ3n) is 7.10. The van der Waals surface area contributed by atoms with Gasteiger partial charge in [0.2, 0.25) is 5.91 Å². The molecule has 38 heavy (non-hydrogen) atoms. The van der Waals surface area contributed by atoms with Crippen molar-refractivity contribution in [3.05, 3.63) is 80.5 Å². The maximum atomic E-state index is 13.8. The van der Waals surface area contributed by atoms with Crippen molar-refractivity contribution in [2.75, 3.05) is 31.6 Å². The average molecular weight is 554 g/mol. The zero-order chi connectivity index (χ0) is 27.2. The Morgan fingerprint density at radius 3 is 2.66 bits per heavy atom. The molecule has 2 atom stereocenters. The molecule has 2 heterocycles. The normalized spacial score (nSPS) is 15.5. The van der Waals surface area contributed by atoms with Crippen LogP contribution in [0.4, 0.5) is 10.5 Å². The minimum absolute atomic E-state index is 0.0120. The summed E-state index contributed by atoms with van der Waals surface area (Å²) in [4.78, 5) is 31.8. The highest BCUT2D eigenvalue weighted by Crippen LogP contribution is 2.34. The molecule has 0 aliphatic carbocycles. The lowest BCUT2D eigenvalue weighted by molar-refractivity contribution is -0.135. The van der Waals surface area contributed by atoms with Crippen LogP contribution in [0.5, 0.6) is 5.75 Å². The molecule has 2 aromatic carbocycles. The number of hydrogen-bond acceptors (Lipinski definition) is 4. The Hall–Kier alpha value is -3.03. The van der Waals surface area contributed by atoms with Crippen LogP contribution in [-0.2, 0) is 11.2 Å². The predicted octanol–water partition coefficient (Wildman–Crippen LogP) is 7.10. The van der Waals surface area contributed by atoms with Gasteiger partial charge in [0.1, 0.15) is 18.9 Å². The van der Waals surface area contributed by atoms with Gasteiger partial charge in [-0.1, -0.05) is 49.6 Å². The Balaban J connectivity index is 1.51. The number of amides is 3. The standard InChI is InChI=1S/C30H36ClN3O3S/c1-5-20(2)17-33(30(36)32-23-8-6-21(3)7-9-23)18-29(35)34-14-12-28-25(13-15-38-28)27(34)19-37-24-10-11-26(31)22(4)16-24/h6-11,13,15-16,20,27H,5,12,14,17-19H2,1-4H3,(H,32,36). The first-order valence-corrected chi connectivity index (χ1v) is 14.4. The van der Waals surface area contributed by atoms with Crippen molar-refractivity contribution >= 4 is 40.6 Å². The number of urea groups is 1. The summed E-state index contributed by atoms with van der Waals surface area (Å²) in [7, 11) is 0. The lowest BCUT2D eigenvalue weighted by Gasteiger charge is -2.37. The van der Waals surface area contributed by atoms with E-state index in [1.165, 1.54) is 4.88 Å². The maximum Gasteiger partial charge on any atom is 0.322 e. The van der Waals surface area contributed by atoms with Crippen molar-refractivity contribution in [1.29, 1.82) is 0 Å². The highest BCUT2D eigenvalue weighted by Gasteiger charge is 2.33. The van der Waals surface area contributed by atoms with E-state index in [9.17, 15) is 9.59 Å². The van der Waals surface area contributed by atoms with Crippen molar-refractivity contribution in [3.63, 3.8) is 0 Å². The van der Waals surface area contributed by atoms with Crippen LogP contribution in [0.2, 0.25) is 5.02 Å². The Morgan fingerprint density at radius 1 is 1.18 bits per heavy atom. The third-order valence-corrected chi connectivity index (χ3v) is 8.52. The first-order chi connectivity index (χ1) is 18.2. The molecule has 3 aromatic rings. The van der Waals surface area contributed by atoms with E-state index in [0.717, 1.165) is 35.3 Å². The molecule has 202 valence electrons. The van der Waals surface area contributed by atoms with Crippen LogP contribution >= 0.6 is 22.9 Å². The zero-order valence-corrected chi connectivity index (χ0v) is 24.1. The number of aryl methyl sites for hydroxylation is 2. The second-order valence-corrected chi connectivity index (χ2v) is 11.5. The lowest BCUT2D eigenvalue weighted by atomic mass is 10.00. The van der Waals surface area contributed by atoms with Crippen molar-refractivity contribution in [1.82, 2.24) is 9.80 Å². The van der Waals surface area contributed by atoms with Crippen molar-refractivity contribution in [3.8, 4) is 5.75 Å². The molecule has 1 aliphatic heterocycles. The molecule has 1 aliphatic rings. The van der Waals surface area contributed by atoms with Crippen LogP contribution in [-0.4, -0.2) is 48.0 Å². The Morgan fingerprint density at radius 2 is 1.95 bits per heavy atom. The van der Waals surface area contributed by atoms with E-state index in [0.29, 0.717) is 30.4 Å². The quantitative estimate of drug-likeness (QED) is 0.307. The Labute approximate surface area is 234 Å². The first kappa shape index (κ1) is 28.0. The van der Waals surface area contributed by atoms with E-state index < -0.39 is 0 Å². The molecule has 0 saturated carbocycles. The molecule has 0 radical (unpaired) electrons. The minimum Gasteiger partial charge on any atom is -0.491 e. The monoisotopic (exact) mass is 553 g/mol. The summed E-state index contributed by atoms with van der Waals surface area (Å²) < 4.78 is 6.17. The van der Waals surface area contributed by atoms with Gasteiger partial charge >= 0.3 is 6.03 Å². The lowest BCUT2D eigenvalue weighted by Crippen LogP contribution is -2.49. The number of thiophene rings is 1. The molecule has 0 bridgehead atoms. The smallest absolute Gasteiger partial charge is 0.322 e. The van der Waals surface area contributed by atoms with E-state index >= 15 is 0 Å². The fourth-order valence-electron chi connectivity index (χ4n) is 4.57. The number of hydrogen-bond donors (Lipinski definition) is 1. The number of carbonyl (C=O) groups excluding carboxylic acids is 2. The summed E-state index contributed by atoms with van der Waals surface area (Å²) in [6.07, 6.45) is 1.72. The summed E-state index contributed by atoms with van der Waals surface area (Å²) in [5.41, 5.74) is 3.90. The van der Waals surface area contributed by atoms with Gasteiger partial charge in [0.15, 0.2) is 0 Å². The highest BCUT2D eigenvalue weighted by molar-refractivity contribution is 7.10. The van der Waals surface area contributed by atoms with Gasteiger partial charge in [-0.2, -0.15) is 0 Å². The number of ether oxygens (including phenoxy) is 1. The number of carbonyl (C=O) groups is 2. The van der Waals surface area contributed by atoms with Gasteiger partial charge in [-0.25, -0.2) is 4.79 Å². The SMILES string of the molecule is CCC(C)CN(CC(=O)N1CCc2sccc2C1COc1ccc(Cl)c(C)c1)C(=O)Nc1ccc(C)cc1. The van der Waals surface area contributed by atoms with E-state index in [4.69, 9.17) is 16.3 Å². The molecule has 6 nitrogen and oxygen atoms in total. The summed E-state index contributed by atoms with van der Waals surface area (Å²) in [6.45, 7) is 9.58. The topological polar surface area (TPSA) is 61.9 Å². The van der Waals surface area contributed by atoms with Gasteiger partial charge in [-0.3, -0.25) is 4.79 Å². The van der Waals surface area contributed by atoms with Gasteiger partial charge < -0.3 is 19.9 Å². The highest BCUT2D eigenvalue weighted by atomic mass is 35.5. The number of fused-ring (bicyclic) bond motifs is 1. The van der Waals surface area contributed by atoms with Crippen LogP contribution in [0.3, 0.4) is 0 Å². The van der Waals surface area contributed by atoms with E-state index in [1.54, 1.807) is 16.2 Å². The largest absolute Gasteiger partial charge is 0.491 e. The van der Waals surface area contributed by atoms with Gasteiger partial charge in [0, 0.05) is 28.7 Å². The molecule has 1 aromatic heterocycles. The zero-order valence-electron chi connectivity index (χ0n) is 22.5. The number of nitrogens with zero attached hydrogens (tertiary/aromatic N) is 2. The van der Waals surface area contributed by atoms with Gasteiger partial charge in [0.25, 0.3) is 0 Å². The number of benzene rings is 2. The third kappa shape index (κ3) is 6.88. The number of anilines is 1. The maximum absolute atomic E-state index is 13.8. The molecule has 3 amide bonds. The van der Waals surface area contributed by atoms with E-state index in [2.05, 4.69) is 30.6 Å². The van der Waals surface area contributed by atoms with Crippen LogP contribution in [0.1, 0.15) is 47.9 Å². The van der Waals surface area contributed by atoms with Crippen LogP contribution in [0.15, 0.2) is 53.9 Å². The molecule has 4 rings (SSSR count). The fourth-order valence-corrected chi connectivity index (χ4v) is 5.62. The van der Waals surface area contributed by atoms with Crippen LogP contribution in [0, 0.1) is 19.8 Å². The van der Waals surface area contributed by atoms with Crippen molar-refractivity contribution in [2.24, 2.45) is 5.92 Å². The molecule has 8 heteroatoms. The van der Waals surface area contributed by atoms with Crippen molar-refractivity contribution < 1.29 is 14.3 Å². The number of nitrogens with one attached hydrogen (secondary N) is 1. The van der Waals surface area contributed by atoms with E-state index in [-0.39, 0.29) is 30.4 Å². The first-order valence-electron chi connectivity index (χ1n) is 13.1. The molecule has 1 N–H and O–H groups in total. The van der Waals surface area contributed by atoms with Gasteiger partial charge in [-0.05, 0) is 79.1 Å². The second-order valence-electron chi connectivity index (χ2n) is 10.1. The molecular weight excluding hydrogens is 518 g/mol. The van der Waals surface area contributed by atoms with Crippen LogP contribution in [0.25, 0.3) is 0 Å². The Kier molecular flexibility index (Phi) is 9.34. The molecule has 0 saturated heterocycles. The molecule has 0 spiro atoms. The summed E-state index contributed by atoms with van der Waals surface area (Å²) in [6, 6.07) is 14.9. The van der Waals surface area contributed by atoms with Gasteiger partial charge in [-0.15, -0.1) is 11.3 Å². The summed E-state index contributed by atoms with van der Waals surface area (Å²) in [5.74, 6) is 0.909. The van der Waals surface area contributed by atoms with E-state index in [1.807, 2.05) is 61.2 Å².